The van der Waals surface area contributed by atoms with Crippen LogP contribution in [0.1, 0.15) is 42.1 Å². The van der Waals surface area contributed by atoms with Gasteiger partial charge in [0.15, 0.2) is 0 Å². The van der Waals surface area contributed by atoms with Gasteiger partial charge in [-0.15, -0.1) is 0 Å². The number of carbonyl (C=O) groups is 3. The number of benzene rings is 2. The van der Waals surface area contributed by atoms with Gasteiger partial charge in [0, 0.05) is 16.6 Å². The van der Waals surface area contributed by atoms with Gasteiger partial charge in [-0.3, -0.25) is 19.7 Å². The number of nitrogens with one attached hydrogen (secondary N) is 2. The highest BCUT2D eigenvalue weighted by molar-refractivity contribution is 9.10. The molecule has 1 atom stereocenters. The number of halogens is 2. The maximum atomic E-state index is 12.5. The SMILES string of the molecule is CCC1(c2ccc(NC(=O)c3cc(Br)ccc3Cl)cc2)CCC(=O)NC1=O. The molecule has 1 unspecified atom stereocenters. The summed E-state index contributed by atoms with van der Waals surface area (Å²) in [7, 11) is 0. The lowest BCUT2D eigenvalue weighted by Gasteiger charge is -2.35. The minimum atomic E-state index is -0.718. The standard InChI is InChI=1S/C20H18BrClN2O3/c1-2-20(10-9-17(25)24-19(20)27)12-3-6-14(7-4-12)23-18(26)15-11-13(21)5-8-16(15)22/h3-8,11H,2,9-10H2,1H3,(H,23,26)(H,24,25,27). The number of carbonyl (C=O) groups excluding carboxylic acids is 3. The molecule has 3 amide bonds. The van der Waals surface area contributed by atoms with E-state index in [1.165, 1.54) is 0 Å². The number of imide groups is 1. The minimum absolute atomic E-state index is 0.237. The van der Waals surface area contributed by atoms with Gasteiger partial charge in [0.25, 0.3) is 5.91 Å². The van der Waals surface area contributed by atoms with Crippen LogP contribution in [0.2, 0.25) is 5.02 Å². The van der Waals surface area contributed by atoms with E-state index in [1.807, 2.05) is 19.1 Å². The normalized spacial score (nSPS) is 19.5. The maximum absolute atomic E-state index is 12.5. The molecule has 2 aromatic rings. The van der Waals surface area contributed by atoms with E-state index < -0.39 is 5.41 Å². The fourth-order valence-corrected chi connectivity index (χ4v) is 3.87. The second-order valence-electron chi connectivity index (χ2n) is 6.47. The molecule has 2 N–H and O–H groups in total. The summed E-state index contributed by atoms with van der Waals surface area (Å²) in [5.41, 5.74) is 1.07. The van der Waals surface area contributed by atoms with Crippen molar-refractivity contribution in [3.05, 3.63) is 63.1 Å². The zero-order chi connectivity index (χ0) is 19.6. The number of hydrogen-bond donors (Lipinski definition) is 2. The largest absolute Gasteiger partial charge is 0.322 e. The molecule has 0 bridgehead atoms. The number of amides is 3. The van der Waals surface area contributed by atoms with E-state index in [2.05, 4.69) is 26.6 Å². The van der Waals surface area contributed by atoms with Crippen LogP contribution in [-0.4, -0.2) is 17.7 Å². The first-order chi connectivity index (χ1) is 12.9. The first kappa shape index (κ1) is 19.6. The fourth-order valence-electron chi connectivity index (χ4n) is 3.31. The average molecular weight is 450 g/mol. The first-order valence-electron chi connectivity index (χ1n) is 8.57. The monoisotopic (exact) mass is 448 g/mol. The molecule has 0 spiro atoms. The molecule has 0 aromatic heterocycles. The molecule has 5 nitrogen and oxygen atoms in total. The molecule has 3 rings (SSSR count). The van der Waals surface area contributed by atoms with E-state index in [0.29, 0.717) is 35.5 Å². The second-order valence-corrected chi connectivity index (χ2v) is 7.79. The zero-order valence-electron chi connectivity index (χ0n) is 14.6. The van der Waals surface area contributed by atoms with Crippen molar-refractivity contribution in [3.8, 4) is 0 Å². The molecular weight excluding hydrogens is 432 g/mol. The van der Waals surface area contributed by atoms with E-state index >= 15 is 0 Å². The van der Waals surface area contributed by atoms with Gasteiger partial charge in [0.2, 0.25) is 11.8 Å². The molecule has 0 saturated carbocycles. The maximum Gasteiger partial charge on any atom is 0.257 e. The van der Waals surface area contributed by atoms with Gasteiger partial charge in [0.1, 0.15) is 0 Å². The Hall–Kier alpha value is -2.18. The fraction of sp³-hybridized carbons (Fsp3) is 0.250. The lowest BCUT2D eigenvalue weighted by atomic mass is 9.72. The molecule has 1 aliphatic heterocycles. The smallest absolute Gasteiger partial charge is 0.257 e. The molecule has 27 heavy (non-hydrogen) atoms. The molecule has 0 aliphatic carbocycles. The van der Waals surface area contributed by atoms with Gasteiger partial charge >= 0.3 is 0 Å². The third-order valence-corrected chi connectivity index (χ3v) is 5.76. The minimum Gasteiger partial charge on any atom is -0.322 e. The first-order valence-corrected chi connectivity index (χ1v) is 9.74. The molecule has 1 saturated heterocycles. The van der Waals surface area contributed by atoms with Crippen molar-refractivity contribution >= 4 is 50.9 Å². The molecule has 2 aromatic carbocycles. The summed E-state index contributed by atoms with van der Waals surface area (Å²) >= 11 is 9.42. The number of anilines is 1. The summed E-state index contributed by atoms with van der Waals surface area (Å²) in [4.78, 5) is 36.4. The summed E-state index contributed by atoms with van der Waals surface area (Å²) in [6.07, 6.45) is 1.39. The van der Waals surface area contributed by atoms with E-state index in [-0.39, 0.29) is 17.7 Å². The summed E-state index contributed by atoms with van der Waals surface area (Å²) < 4.78 is 0.759. The number of piperidine rings is 1. The van der Waals surface area contributed by atoms with Crippen molar-refractivity contribution in [2.75, 3.05) is 5.32 Å². The van der Waals surface area contributed by atoms with Crippen LogP contribution in [-0.2, 0) is 15.0 Å². The molecule has 1 heterocycles. The molecule has 7 heteroatoms. The Bertz CT molecular complexity index is 914. The van der Waals surface area contributed by atoms with Crippen molar-refractivity contribution < 1.29 is 14.4 Å². The van der Waals surface area contributed by atoms with Crippen LogP contribution in [0.4, 0.5) is 5.69 Å². The third kappa shape index (κ3) is 3.92. The highest BCUT2D eigenvalue weighted by atomic mass is 79.9. The zero-order valence-corrected chi connectivity index (χ0v) is 17.0. The Balaban J connectivity index is 1.81. The number of rotatable bonds is 4. The van der Waals surface area contributed by atoms with Gasteiger partial charge in [0.05, 0.1) is 16.0 Å². The van der Waals surface area contributed by atoms with E-state index in [0.717, 1.165) is 10.0 Å². The lowest BCUT2D eigenvalue weighted by Crippen LogP contribution is -2.51. The van der Waals surface area contributed by atoms with Crippen LogP contribution in [0.3, 0.4) is 0 Å². The van der Waals surface area contributed by atoms with Crippen LogP contribution in [0.15, 0.2) is 46.9 Å². The predicted molar refractivity (Wildman–Crippen MR) is 108 cm³/mol. The van der Waals surface area contributed by atoms with E-state index in [4.69, 9.17) is 11.6 Å². The number of hydrogen-bond acceptors (Lipinski definition) is 3. The Kier molecular flexibility index (Phi) is 5.67. The molecule has 1 fully saturated rings. The predicted octanol–water partition coefficient (Wildman–Crippen LogP) is 4.44. The van der Waals surface area contributed by atoms with Crippen LogP contribution < -0.4 is 10.6 Å². The Morgan fingerprint density at radius 2 is 1.93 bits per heavy atom. The summed E-state index contributed by atoms with van der Waals surface area (Å²) in [6.45, 7) is 1.93. The summed E-state index contributed by atoms with van der Waals surface area (Å²) in [5.74, 6) is -0.821. The van der Waals surface area contributed by atoms with Crippen molar-refractivity contribution in [2.24, 2.45) is 0 Å². The van der Waals surface area contributed by atoms with Crippen molar-refractivity contribution in [1.82, 2.24) is 5.32 Å². The lowest BCUT2D eigenvalue weighted by molar-refractivity contribution is -0.138. The molecule has 0 radical (unpaired) electrons. The van der Waals surface area contributed by atoms with Gasteiger partial charge < -0.3 is 5.32 Å². The van der Waals surface area contributed by atoms with Crippen LogP contribution in [0.25, 0.3) is 0 Å². The highest BCUT2D eigenvalue weighted by Crippen LogP contribution is 2.36. The van der Waals surface area contributed by atoms with Gasteiger partial charge in [-0.1, -0.05) is 46.6 Å². The third-order valence-electron chi connectivity index (χ3n) is 4.94. The summed E-state index contributed by atoms with van der Waals surface area (Å²) in [6, 6.07) is 12.2. The van der Waals surface area contributed by atoms with Crippen LogP contribution >= 0.6 is 27.5 Å². The molecule has 140 valence electrons. The Labute approximate surface area is 170 Å². The van der Waals surface area contributed by atoms with Crippen molar-refractivity contribution in [1.29, 1.82) is 0 Å². The Morgan fingerprint density at radius 3 is 2.56 bits per heavy atom. The second kappa shape index (κ2) is 7.82. The van der Waals surface area contributed by atoms with E-state index in [9.17, 15) is 14.4 Å². The van der Waals surface area contributed by atoms with Crippen molar-refractivity contribution in [3.63, 3.8) is 0 Å². The molecular formula is C20H18BrClN2O3. The van der Waals surface area contributed by atoms with Gasteiger partial charge in [-0.05, 0) is 48.7 Å². The van der Waals surface area contributed by atoms with Gasteiger partial charge in [-0.2, -0.15) is 0 Å². The quantitative estimate of drug-likeness (QED) is 0.678. The van der Waals surface area contributed by atoms with Crippen LogP contribution in [0.5, 0.6) is 0 Å². The summed E-state index contributed by atoms with van der Waals surface area (Å²) in [5, 5.41) is 5.60. The van der Waals surface area contributed by atoms with E-state index in [1.54, 1.807) is 30.3 Å². The molecule has 1 aliphatic rings. The Morgan fingerprint density at radius 1 is 1.22 bits per heavy atom. The van der Waals surface area contributed by atoms with Gasteiger partial charge in [-0.25, -0.2) is 0 Å². The topological polar surface area (TPSA) is 75.3 Å². The van der Waals surface area contributed by atoms with Crippen molar-refractivity contribution in [2.45, 2.75) is 31.6 Å². The average Bonchev–Trinajstić information content (AvgIpc) is 2.65. The van der Waals surface area contributed by atoms with Crippen LogP contribution in [0, 0.1) is 0 Å². The highest BCUT2D eigenvalue weighted by Gasteiger charge is 2.42.